The Balaban J connectivity index is 1.38. The van der Waals surface area contributed by atoms with Crippen LogP contribution in [-0.2, 0) is 0 Å². The number of piperidine rings is 1. The summed E-state index contributed by atoms with van der Waals surface area (Å²) in [5.74, 6) is -0.0662. The van der Waals surface area contributed by atoms with Gasteiger partial charge in [0.1, 0.15) is 5.82 Å². The molecule has 3 aliphatic rings. The first-order chi connectivity index (χ1) is 14.9. The lowest BCUT2D eigenvalue weighted by atomic mass is 9.81. The van der Waals surface area contributed by atoms with Crippen LogP contribution in [0.4, 0.5) is 14.7 Å². The number of hydrogen-bond donors (Lipinski definition) is 1. The van der Waals surface area contributed by atoms with Crippen LogP contribution in [-0.4, -0.2) is 52.7 Å². The summed E-state index contributed by atoms with van der Waals surface area (Å²) < 4.78 is 28.6. The van der Waals surface area contributed by atoms with Crippen LogP contribution in [0.15, 0.2) is 23.3 Å². The highest BCUT2D eigenvalue weighted by molar-refractivity contribution is 5.97. The number of fused-ring (bicyclic) bond motifs is 1. The second kappa shape index (κ2) is 7.55. The van der Waals surface area contributed by atoms with Gasteiger partial charge >= 0.3 is 0 Å². The van der Waals surface area contributed by atoms with Crippen molar-refractivity contribution in [3.05, 3.63) is 52.3 Å². The molecule has 0 saturated carbocycles. The van der Waals surface area contributed by atoms with Crippen molar-refractivity contribution in [3.8, 4) is 0 Å². The second-order valence-corrected chi connectivity index (χ2v) is 8.46. The smallest absolute Gasteiger partial charge is 0.254 e. The number of nitrogens with zero attached hydrogens (tertiary/aromatic N) is 5. The first-order valence-electron chi connectivity index (χ1n) is 10.6. The highest BCUT2D eigenvalue weighted by Crippen LogP contribution is 2.36. The van der Waals surface area contributed by atoms with E-state index < -0.39 is 5.82 Å². The Labute approximate surface area is 179 Å². The van der Waals surface area contributed by atoms with Crippen LogP contribution in [0.25, 0.3) is 0 Å². The topological polar surface area (TPSA) is 73.7 Å². The third-order valence-electron chi connectivity index (χ3n) is 6.56. The van der Waals surface area contributed by atoms with Crippen molar-refractivity contribution in [1.82, 2.24) is 20.3 Å². The molecule has 0 aliphatic carbocycles. The van der Waals surface area contributed by atoms with Crippen LogP contribution in [0.5, 0.6) is 0 Å². The molecule has 1 N–H and O–H groups in total. The maximum absolute atomic E-state index is 14.7. The van der Waals surface area contributed by atoms with E-state index in [0.717, 1.165) is 13.0 Å². The second-order valence-electron chi connectivity index (χ2n) is 8.46. The average molecular weight is 426 g/mol. The molecule has 7 nitrogen and oxygen atoms in total. The highest BCUT2D eigenvalue weighted by atomic mass is 19.1. The molecule has 5 rings (SSSR count). The first-order valence-corrected chi connectivity index (χ1v) is 10.6. The molecule has 162 valence electrons. The van der Waals surface area contributed by atoms with Crippen molar-refractivity contribution in [1.29, 1.82) is 0 Å². The van der Waals surface area contributed by atoms with Crippen LogP contribution in [0.1, 0.15) is 46.2 Å². The van der Waals surface area contributed by atoms with Crippen molar-refractivity contribution in [2.45, 2.75) is 38.8 Å². The predicted octanol–water partition coefficient (Wildman–Crippen LogP) is 2.74. The van der Waals surface area contributed by atoms with E-state index >= 15 is 0 Å². The minimum absolute atomic E-state index is 0.000537. The number of rotatable bonds is 3. The van der Waals surface area contributed by atoms with Gasteiger partial charge in [-0.3, -0.25) is 4.79 Å². The van der Waals surface area contributed by atoms with Gasteiger partial charge in [0.2, 0.25) is 5.95 Å². The zero-order chi connectivity index (χ0) is 21.7. The molecule has 0 bridgehead atoms. The van der Waals surface area contributed by atoms with Crippen molar-refractivity contribution in [3.63, 3.8) is 0 Å². The molecule has 3 atom stereocenters. The van der Waals surface area contributed by atoms with Gasteiger partial charge < -0.3 is 15.2 Å². The van der Waals surface area contributed by atoms with Gasteiger partial charge in [0.25, 0.3) is 5.91 Å². The molecule has 31 heavy (non-hydrogen) atoms. The molecule has 0 radical (unpaired) electrons. The molecule has 9 heteroatoms. The Morgan fingerprint density at radius 2 is 1.94 bits per heavy atom. The SMILES string of the molecule is Cc1nc(N2CC[C@@H]3CN(C(=O)c4cccc(F)c4C4CC=NN4)[C@@H]3C2)nc(C)c1F. The Kier molecular flexibility index (Phi) is 4.83. The van der Waals surface area contributed by atoms with E-state index in [2.05, 4.69) is 20.5 Å². The normalized spacial score (nSPS) is 24.6. The van der Waals surface area contributed by atoms with Crippen LogP contribution in [0.3, 0.4) is 0 Å². The minimum atomic E-state index is -0.401. The van der Waals surface area contributed by atoms with Crippen molar-refractivity contribution >= 4 is 18.1 Å². The largest absolute Gasteiger partial charge is 0.339 e. The van der Waals surface area contributed by atoms with Crippen LogP contribution < -0.4 is 10.3 Å². The minimum Gasteiger partial charge on any atom is -0.339 e. The summed E-state index contributed by atoms with van der Waals surface area (Å²) in [5.41, 5.74) is 4.28. The maximum Gasteiger partial charge on any atom is 0.254 e. The number of benzene rings is 1. The highest BCUT2D eigenvalue weighted by Gasteiger charge is 2.46. The number of carbonyl (C=O) groups is 1. The molecule has 2 saturated heterocycles. The Morgan fingerprint density at radius 3 is 2.65 bits per heavy atom. The van der Waals surface area contributed by atoms with E-state index in [1.54, 1.807) is 32.2 Å². The summed E-state index contributed by atoms with van der Waals surface area (Å²) in [6.45, 7) is 5.26. The fourth-order valence-electron chi connectivity index (χ4n) is 4.81. The number of likely N-dealkylation sites (tertiary alicyclic amines) is 1. The van der Waals surface area contributed by atoms with E-state index in [-0.39, 0.29) is 23.8 Å². The fourth-order valence-corrected chi connectivity index (χ4v) is 4.81. The Bertz CT molecular complexity index is 1040. The van der Waals surface area contributed by atoms with E-state index in [4.69, 9.17) is 0 Å². The third-order valence-corrected chi connectivity index (χ3v) is 6.56. The van der Waals surface area contributed by atoms with Gasteiger partial charge in [-0.05, 0) is 32.4 Å². The van der Waals surface area contributed by atoms with E-state index in [9.17, 15) is 13.6 Å². The summed E-state index contributed by atoms with van der Waals surface area (Å²) in [6.07, 6.45) is 3.14. The third kappa shape index (κ3) is 3.32. The zero-order valence-electron chi connectivity index (χ0n) is 17.5. The summed E-state index contributed by atoms with van der Waals surface area (Å²) in [6, 6.07) is 4.30. The molecular weight excluding hydrogens is 402 g/mol. The van der Waals surface area contributed by atoms with E-state index in [1.165, 1.54) is 6.07 Å². The Hall–Kier alpha value is -3.10. The summed E-state index contributed by atoms with van der Waals surface area (Å²) >= 11 is 0. The summed E-state index contributed by atoms with van der Waals surface area (Å²) in [4.78, 5) is 25.8. The first kappa shape index (κ1) is 19.8. The van der Waals surface area contributed by atoms with Gasteiger partial charge in [0.15, 0.2) is 5.82 Å². The predicted molar refractivity (Wildman–Crippen MR) is 112 cm³/mol. The quantitative estimate of drug-likeness (QED) is 0.817. The van der Waals surface area contributed by atoms with E-state index in [1.807, 2.05) is 9.80 Å². The van der Waals surface area contributed by atoms with Gasteiger partial charge in [0.05, 0.1) is 23.5 Å². The molecule has 1 aromatic carbocycles. The molecule has 1 amide bonds. The van der Waals surface area contributed by atoms with Gasteiger partial charge in [0, 0.05) is 49.3 Å². The number of hydrogen-bond acceptors (Lipinski definition) is 6. The monoisotopic (exact) mass is 426 g/mol. The van der Waals surface area contributed by atoms with Crippen LogP contribution >= 0.6 is 0 Å². The number of aryl methyl sites for hydroxylation is 2. The van der Waals surface area contributed by atoms with Crippen molar-refractivity contribution in [2.24, 2.45) is 11.0 Å². The van der Waals surface area contributed by atoms with E-state index in [0.29, 0.717) is 53.9 Å². The molecular formula is C22H24F2N6O. The van der Waals surface area contributed by atoms with Gasteiger partial charge in [-0.15, -0.1) is 0 Å². The molecule has 1 unspecified atom stereocenters. The number of aromatic nitrogens is 2. The number of halogens is 2. The number of anilines is 1. The molecule has 0 spiro atoms. The summed E-state index contributed by atoms with van der Waals surface area (Å²) in [7, 11) is 0. The van der Waals surface area contributed by atoms with Gasteiger partial charge in [-0.2, -0.15) is 5.10 Å². The van der Waals surface area contributed by atoms with Crippen molar-refractivity contribution < 1.29 is 13.6 Å². The Morgan fingerprint density at radius 1 is 1.16 bits per heavy atom. The molecule has 4 heterocycles. The lowest BCUT2D eigenvalue weighted by molar-refractivity contribution is 0.00748. The number of nitrogens with one attached hydrogen (secondary N) is 1. The average Bonchev–Trinajstić information content (AvgIpc) is 3.26. The number of amides is 1. The van der Waals surface area contributed by atoms with Crippen LogP contribution in [0.2, 0.25) is 0 Å². The fraction of sp³-hybridized carbons (Fsp3) is 0.455. The number of carbonyl (C=O) groups excluding carboxylic acids is 1. The molecule has 2 fully saturated rings. The lowest BCUT2D eigenvalue weighted by Gasteiger charge is -2.53. The van der Waals surface area contributed by atoms with Crippen LogP contribution in [0, 0.1) is 31.4 Å². The number of hydrazone groups is 1. The zero-order valence-corrected chi connectivity index (χ0v) is 17.5. The summed E-state index contributed by atoms with van der Waals surface area (Å²) in [5, 5.41) is 3.98. The van der Waals surface area contributed by atoms with Crippen molar-refractivity contribution in [2.75, 3.05) is 24.5 Å². The standard InChI is InChI=1S/C22H24F2N6O/c1-12-20(24)13(2)27-22(26-12)29-9-7-14-10-30(18(14)11-29)21(31)15-4-3-5-16(23)19(15)17-6-8-25-28-17/h3-5,8,14,17-18,28H,6-7,9-11H2,1-2H3/t14-,17?,18-/m1/s1. The molecule has 3 aliphatic heterocycles. The molecule has 2 aromatic rings. The maximum atomic E-state index is 14.7. The van der Waals surface area contributed by atoms with Gasteiger partial charge in [-0.25, -0.2) is 18.7 Å². The lowest BCUT2D eigenvalue weighted by Crippen LogP contribution is -2.66. The van der Waals surface area contributed by atoms with Gasteiger partial charge in [-0.1, -0.05) is 6.07 Å². The molecule has 1 aromatic heterocycles.